The standard InChI is InChI=1S/C11H12N2OS/c1-2-4-10-8(3-1)9(13-14-10)7-11-12-5-6-15-11/h1-4,7,9,12-13H,5-6H2. The molecule has 0 radical (unpaired) electrons. The summed E-state index contributed by atoms with van der Waals surface area (Å²) in [7, 11) is 0. The second-order valence-corrected chi connectivity index (χ2v) is 4.68. The summed E-state index contributed by atoms with van der Waals surface area (Å²) in [6.07, 6.45) is 2.18. The lowest BCUT2D eigenvalue weighted by molar-refractivity contribution is 0.209. The normalized spacial score (nSPS) is 26.1. The van der Waals surface area contributed by atoms with Gasteiger partial charge in [-0.15, -0.1) is 17.2 Å². The van der Waals surface area contributed by atoms with E-state index < -0.39 is 0 Å². The Hall–Kier alpha value is -1.13. The third kappa shape index (κ3) is 1.70. The Morgan fingerprint density at radius 2 is 2.33 bits per heavy atom. The molecule has 1 fully saturated rings. The van der Waals surface area contributed by atoms with Crippen molar-refractivity contribution in [2.45, 2.75) is 6.04 Å². The smallest absolute Gasteiger partial charge is 0.152 e. The number of hydrogen-bond donors (Lipinski definition) is 2. The van der Waals surface area contributed by atoms with E-state index in [1.807, 2.05) is 30.0 Å². The van der Waals surface area contributed by atoms with E-state index in [9.17, 15) is 0 Å². The van der Waals surface area contributed by atoms with Gasteiger partial charge < -0.3 is 10.2 Å². The maximum Gasteiger partial charge on any atom is 0.152 e. The molecule has 2 heterocycles. The molecule has 0 aromatic heterocycles. The molecule has 0 spiro atoms. The van der Waals surface area contributed by atoms with E-state index in [1.54, 1.807) is 0 Å². The highest BCUT2D eigenvalue weighted by atomic mass is 32.2. The highest BCUT2D eigenvalue weighted by molar-refractivity contribution is 8.03. The van der Waals surface area contributed by atoms with Crippen molar-refractivity contribution < 1.29 is 4.84 Å². The SMILES string of the molecule is C(=C1NCCS1)C1NOc2ccccc21. The van der Waals surface area contributed by atoms with Gasteiger partial charge in [0.1, 0.15) is 0 Å². The third-order valence-corrected chi connectivity index (χ3v) is 3.53. The molecule has 4 heteroatoms. The number of benzene rings is 1. The van der Waals surface area contributed by atoms with Crippen LogP contribution in [0.25, 0.3) is 0 Å². The summed E-state index contributed by atoms with van der Waals surface area (Å²) in [5.74, 6) is 2.09. The lowest BCUT2D eigenvalue weighted by atomic mass is 10.1. The fourth-order valence-corrected chi connectivity index (χ4v) is 2.65. The van der Waals surface area contributed by atoms with Crippen LogP contribution < -0.4 is 15.6 Å². The molecular formula is C11H12N2OS. The lowest BCUT2D eigenvalue weighted by Gasteiger charge is -2.04. The maximum absolute atomic E-state index is 5.39. The van der Waals surface area contributed by atoms with Crippen molar-refractivity contribution in [1.82, 2.24) is 10.8 Å². The number of thioether (sulfide) groups is 1. The molecule has 3 rings (SSSR count). The number of rotatable bonds is 1. The van der Waals surface area contributed by atoms with Gasteiger partial charge in [-0.25, -0.2) is 0 Å². The summed E-state index contributed by atoms with van der Waals surface area (Å²) in [6.45, 7) is 1.06. The fourth-order valence-electron chi connectivity index (χ4n) is 1.79. The first-order valence-corrected chi connectivity index (χ1v) is 6.02. The molecule has 78 valence electrons. The van der Waals surface area contributed by atoms with Gasteiger partial charge in [0.25, 0.3) is 0 Å². The van der Waals surface area contributed by atoms with E-state index >= 15 is 0 Å². The first-order chi connectivity index (χ1) is 7.43. The van der Waals surface area contributed by atoms with Crippen LogP contribution in [0.2, 0.25) is 0 Å². The first kappa shape index (κ1) is 9.12. The van der Waals surface area contributed by atoms with E-state index in [1.165, 1.54) is 10.6 Å². The first-order valence-electron chi connectivity index (χ1n) is 5.03. The molecule has 1 atom stereocenters. The van der Waals surface area contributed by atoms with Crippen LogP contribution in [0, 0.1) is 0 Å². The Morgan fingerprint density at radius 3 is 3.20 bits per heavy atom. The molecule has 0 aliphatic carbocycles. The van der Waals surface area contributed by atoms with Gasteiger partial charge in [-0.1, -0.05) is 18.2 Å². The van der Waals surface area contributed by atoms with Gasteiger partial charge in [0.05, 0.1) is 11.1 Å². The Kier molecular flexibility index (Phi) is 2.31. The number of hydrogen-bond acceptors (Lipinski definition) is 4. The summed E-state index contributed by atoms with van der Waals surface area (Å²) >= 11 is 1.86. The van der Waals surface area contributed by atoms with Crippen LogP contribution in [0.1, 0.15) is 11.6 Å². The van der Waals surface area contributed by atoms with E-state index in [2.05, 4.69) is 22.9 Å². The van der Waals surface area contributed by atoms with Crippen LogP contribution in [0.4, 0.5) is 0 Å². The molecule has 0 bridgehead atoms. The zero-order chi connectivity index (χ0) is 10.1. The predicted octanol–water partition coefficient (Wildman–Crippen LogP) is 1.80. The van der Waals surface area contributed by atoms with Crippen molar-refractivity contribution in [2.75, 3.05) is 12.3 Å². The minimum atomic E-state index is 0.175. The van der Waals surface area contributed by atoms with Gasteiger partial charge >= 0.3 is 0 Å². The van der Waals surface area contributed by atoms with Gasteiger partial charge in [0, 0.05) is 17.9 Å². The van der Waals surface area contributed by atoms with Gasteiger partial charge in [-0.3, -0.25) is 0 Å². The minimum Gasteiger partial charge on any atom is -0.407 e. The number of fused-ring (bicyclic) bond motifs is 1. The van der Waals surface area contributed by atoms with E-state index in [0.29, 0.717) is 0 Å². The zero-order valence-corrected chi connectivity index (χ0v) is 9.01. The Bertz CT molecular complexity index is 397. The van der Waals surface area contributed by atoms with Crippen molar-refractivity contribution in [3.05, 3.63) is 40.9 Å². The molecule has 3 nitrogen and oxygen atoms in total. The molecular weight excluding hydrogens is 208 g/mol. The molecule has 2 aliphatic heterocycles. The van der Waals surface area contributed by atoms with Crippen molar-refractivity contribution in [2.24, 2.45) is 0 Å². The average Bonchev–Trinajstić information content (AvgIpc) is 2.89. The van der Waals surface area contributed by atoms with E-state index in [-0.39, 0.29) is 6.04 Å². The van der Waals surface area contributed by atoms with Crippen LogP contribution in [-0.4, -0.2) is 12.3 Å². The molecule has 1 unspecified atom stereocenters. The number of hydroxylamine groups is 1. The van der Waals surface area contributed by atoms with E-state index in [0.717, 1.165) is 18.0 Å². The van der Waals surface area contributed by atoms with Gasteiger partial charge in [-0.05, 0) is 12.1 Å². The van der Waals surface area contributed by atoms with Gasteiger partial charge in [0.2, 0.25) is 0 Å². The van der Waals surface area contributed by atoms with Crippen LogP contribution in [0.3, 0.4) is 0 Å². The topological polar surface area (TPSA) is 33.3 Å². The van der Waals surface area contributed by atoms with Crippen LogP contribution >= 0.6 is 11.8 Å². The molecule has 2 aliphatic rings. The second kappa shape index (κ2) is 3.79. The molecule has 2 N–H and O–H groups in total. The van der Waals surface area contributed by atoms with Crippen molar-refractivity contribution in [3.63, 3.8) is 0 Å². The molecule has 1 saturated heterocycles. The summed E-state index contributed by atoms with van der Waals surface area (Å²) in [5, 5.41) is 4.59. The lowest BCUT2D eigenvalue weighted by Crippen LogP contribution is -2.16. The van der Waals surface area contributed by atoms with Gasteiger partial charge in [0.15, 0.2) is 5.75 Å². The maximum atomic E-state index is 5.39. The monoisotopic (exact) mass is 220 g/mol. The molecule has 1 aromatic rings. The quantitative estimate of drug-likeness (QED) is 0.756. The summed E-state index contributed by atoms with van der Waals surface area (Å²) in [6, 6.07) is 8.27. The predicted molar refractivity (Wildman–Crippen MR) is 61.5 cm³/mol. The summed E-state index contributed by atoms with van der Waals surface area (Å²) < 4.78 is 0. The number of para-hydroxylation sites is 1. The van der Waals surface area contributed by atoms with E-state index in [4.69, 9.17) is 4.84 Å². The molecule has 0 saturated carbocycles. The Labute approximate surface area is 92.8 Å². The average molecular weight is 220 g/mol. The molecule has 15 heavy (non-hydrogen) atoms. The third-order valence-electron chi connectivity index (χ3n) is 2.53. The van der Waals surface area contributed by atoms with Crippen molar-refractivity contribution in [1.29, 1.82) is 0 Å². The molecule has 1 aromatic carbocycles. The van der Waals surface area contributed by atoms with Crippen molar-refractivity contribution in [3.8, 4) is 5.75 Å². The van der Waals surface area contributed by atoms with Crippen LogP contribution in [-0.2, 0) is 0 Å². The Morgan fingerprint density at radius 1 is 1.40 bits per heavy atom. The fraction of sp³-hybridized carbons (Fsp3) is 0.273. The van der Waals surface area contributed by atoms with Gasteiger partial charge in [-0.2, -0.15) is 0 Å². The van der Waals surface area contributed by atoms with Crippen molar-refractivity contribution >= 4 is 11.8 Å². The highest BCUT2D eigenvalue weighted by Gasteiger charge is 2.22. The largest absolute Gasteiger partial charge is 0.407 e. The number of nitrogens with one attached hydrogen (secondary N) is 2. The minimum absolute atomic E-state index is 0.175. The highest BCUT2D eigenvalue weighted by Crippen LogP contribution is 2.33. The zero-order valence-electron chi connectivity index (χ0n) is 8.19. The summed E-state index contributed by atoms with van der Waals surface area (Å²) in [4.78, 5) is 5.39. The summed E-state index contributed by atoms with van der Waals surface area (Å²) in [5.41, 5.74) is 4.23. The Balaban J connectivity index is 1.87. The molecule has 0 amide bonds. The van der Waals surface area contributed by atoms with Crippen LogP contribution in [0.15, 0.2) is 35.4 Å². The van der Waals surface area contributed by atoms with Crippen LogP contribution in [0.5, 0.6) is 5.75 Å². The second-order valence-electron chi connectivity index (χ2n) is 3.54.